The molecule has 0 atom stereocenters. The normalized spacial score (nSPS) is 11.0. The van der Waals surface area contributed by atoms with Crippen molar-refractivity contribution in [2.45, 2.75) is 13.0 Å². The molecule has 0 amide bonds. The molecule has 5 nitrogen and oxygen atoms in total. The molecule has 116 valence electrons. The fourth-order valence-electron chi connectivity index (χ4n) is 1.68. The van der Waals surface area contributed by atoms with Crippen molar-refractivity contribution in [3.05, 3.63) is 64.2 Å². The first-order valence-electron chi connectivity index (χ1n) is 6.05. The smallest absolute Gasteiger partial charge is 0.489 e. The fourth-order valence-corrected chi connectivity index (χ4v) is 1.68. The van der Waals surface area contributed by atoms with E-state index >= 15 is 0 Å². The van der Waals surface area contributed by atoms with E-state index in [2.05, 4.69) is 4.74 Å². The van der Waals surface area contributed by atoms with Crippen LogP contribution in [0.4, 0.5) is 18.9 Å². The Labute approximate surface area is 123 Å². The second-order valence-corrected chi connectivity index (χ2v) is 4.24. The number of benzene rings is 2. The number of nitro groups is 1. The first kappa shape index (κ1) is 15.6. The second kappa shape index (κ2) is 6.33. The number of rotatable bonds is 5. The molecule has 2 aromatic rings. The highest BCUT2D eigenvalue weighted by Gasteiger charge is 2.32. The molecule has 0 radical (unpaired) electrons. The quantitative estimate of drug-likeness (QED) is 0.616. The largest absolute Gasteiger partial charge is 0.573 e. The standard InChI is InChI=1S/C14H10F3NO4/c15-14(16,17)22-13-7-11(18(19)20)6-12(8-13)21-9-10-4-2-1-3-5-10/h1-8H,9H2. The Kier molecular flexibility index (Phi) is 4.50. The predicted molar refractivity (Wildman–Crippen MR) is 70.6 cm³/mol. The molecular weight excluding hydrogens is 303 g/mol. The lowest BCUT2D eigenvalue weighted by molar-refractivity contribution is -0.385. The molecule has 0 aliphatic carbocycles. The summed E-state index contributed by atoms with van der Waals surface area (Å²) < 4.78 is 45.7. The molecule has 2 rings (SSSR count). The van der Waals surface area contributed by atoms with Gasteiger partial charge >= 0.3 is 6.36 Å². The summed E-state index contributed by atoms with van der Waals surface area (Å²) in [6.07, 6.45) is -4.94. The summed E-state index contributed by atoms with van der Waals surface area (Å²) in [5, 5.41) is 10.8. The molecular formula is C14H10F3NO4. The van der Waals surface area contributed by atoms with Gasteiger partial charge in [0.1, 0.15) is 18.1 Å². The van der Waals surface area contributed by atoms with Gasteiger partial charge in [-0.2, -0.15) is 0 Å². The van der Waals surface area contributed by atoms with E-state index in [0.717, 1.165) is 17.7 Å². The van der Waals surface area contributed by atoms with Crippen LogP contribution in [-0.2, 0) is 6.61 Å². The van der Waals surface area contributed by atoms with E-state index in [1.807, 2.05) is 0 Å². The van der Waals surface area contributed by atoms with Crippen molar-refractivity contribution in [3.8, 4) is 11.5 Å². The van der Waals surface area contributed by atoms with Gasteiger partial charge in [0.25, 0.3) is 5.69 Å². The number of halogens is 3. The molecule has 0 bridgehead atoms. The lowest BCUT2D eigenvalue weighted by Crippen LogP contribution is -2.17. The number of ether oxygens (including phenoxy) is 2. The monoisotopic (exact) mass is 313 g/mol. The SMILES string of the molecule is O=[N+]([O-])c1cc(OCc2ccccc2)cc(OC(F)(F)F)c1. The van der Waals surface area contributed by atoms with E-state index < -0.39 is 22.7 Å². The number of alkyl halides is 3. The van der Waals surface area contributed by atoms with Crippen LogP contribution in [0.2, 0.25) is 0 Å². The van der Waals surface area contributed by atoms with Crippen molar-refractivity contribution in [2.24, 2.45) is 0 Å². The van der Waals surface area contributed by atoms with Crippen LogP contribution in [0.5, 0.6) is 11.5 Å². The minimum absolute atomic E-state index is 0.0630. The van der Waals surface area contributed by atoms with E-state index in [4.69, 9.17) is 4.74 Å². The maximum atomic E-state index is 12.2. The van der Waals surface area contributed by atoms with Gasteiger partial charge in [-0.25, -0.2) is 0 Å². The highest BCUT2D eigenvalue weighted by molar-refractivity contribution is 5.46. The minimum atomic E-state index is -4.94. The van der Waals surface area contributed by atoms with Crippen molar-refractivity contribution >= 4 is 5.69 Å². The number of nitro benzene ring substituents is 1. The molecule has 0 saturated heterocycles. The maximum Gasteiger partial charge on any atom is 0.573 e. The van der Waals surface area contributed by atoms with Crippen LogP contribution in [0.3, 0.4) is 0 Å². The fraction of sp³-hybridized carbons (Fsp3) is 0.143. The summed E-state index contributed by atoms with van der Waals surface area (Å²) in [6, 6.07) is 11.5. The van der Waals surface area contributed by atoms with Gasteiger partial charge in [-0.1, -0.05) is 30.3 Å². The summed E-state index contributed by atoms with van der Waals surface area (Å²) in [6.45, 7) is 0.0630. The van der Waals surface area contributed by atoms with E-state index in [0.29, 0.717) is 6.07 Å². The van der Waals surface area contributed by atoms with Gasteiger partial charge in [0, 0.05) is 6.07 Å². The van der Waals surface area contributed by atoms with Crippen molar-refractivity contribution in [3.63, 3.8) is 0 Å². The van der Waals surface area contributed by atoms with Gasteiger partial charge in [0.2, 0.25) is 0 Å². The zero-order valence-electron chi connectivity index (χ0n) is 11.0. The Morgan fingerprint density at radius 1 is 1.05 bits per heavy atom. The zero-order valence-corrected chi connectivity index (χ0v) is 11.0. The van der Waals surface area contributed by atoms with Crippen LogP contribution in [0, 0.1) is 10.1 Å². The molecule has 2 aromatic carbocycles. The van der Waals surface area contributed by atoms with Crippen LogP contribution in [0.1, 0.15) is 5.56 Å². The highest BCUT2D eigenvalue weighted by atomic mass is 19.4. The summed E-state index contributed by atoms with van der Waals surface area (Å²) in [5.41, 5.74) is 0.220. The lowest BCUT2D eigenvalue weighted by atomic mass is 10.2. The van der Waals surface area contributed by atoms with Crippen LogP contribution < -0.4 is 9.47 Å². The van der Waals surface area contributed by atoms with Gasteiger partial charge in [-0.05, 0) is 5.56 Å². The number of nitrogens with zero attached hydrogens (tertiary/aromatic N) is 1. The van der Waals surface area contributed by atoms with Crippen LogP contribution in [0.25, 0.3) is 0 Å². The van der Waals surface area contributed by atoms with Gasteiger partial charge in [-0.15, -0.1) is 13.2 Å². The summed E-state index contributed by atoms with van der Waals surface area (Å²) in [5.74, 6) is -0.790. The molecule has 0 aliphatic rings. The predicted octanol–water partition coefficient (Wildman–Crippen LogP) is 4.07. The zero-order chi connectivity index (χ0) is 16.2. The molecule has 0 saturated carbocycles. The Hall–Kier alpha value is -2.77. The summed E-state index contributed by atoms with van der Waals surface area (Å²) in [4.78, 5) is 9.94. The highest BCUT2D eigenvalue weighted by Crippen LogP contribution is 2.31. The first-order valence-corrected chi connectivity index (χ1v) is 6.05. The van der Waals surface area contributed by atoms with Gasteiger partial charge in [-0.3, -0.25) is 10.1 Å². The Bertz CT molecular complexity index is 659. The molecule has 0 aliphatic heterocycles. The molecule has 0 aromatic heterocycles. The van der Waals surface area contributed by atoms with Crippen LogP contribution in [0.15, 0.2) is 48.5 Å². The van der Waals surface area contributed by atoms with Gasteiger partial charge in [0.05, 0.1) is 17.1 Å². The summed E-state index contributed by atoms with van der Waals surface area (Å²) in [7, 11) is 0. The molecule has 0 spiro atoms. The molecule has 0 fully saturated rings. The maximum absolute atomic E-state index is 12.2. The third-order valence-electron chi connectivity index (χ3n) is 2.56. The minimum Gasteiger partial charge on any atom is -0.489 e. The molecule has 0 unspecified atom stereocenters. The van der Waals surface area contributed by atoms with E-state index in [9.17, 15) is 23.3 Å². The number of non-ortho nitro benzene ring substituents is 1. The molecule has 0 N–H and O–H groups in total. The summed E-state index contributed by atoms with van der Waals surface area (Å²) >= 11 is 0. The third-order valence-corrected chi connectivity index (χ3v) is 2.56. The third kappa shape index (κ3) is 4.65. The first-order chi connectivity index (χ1) is 10.3. The average molecular weight is 313 g/mol. The number of hydrogen-bond acceptors (Lipinski definition) is 4. The Morgan fingerprint density at radius 2 is 1.68 bits per heavy atom. The molecule has 0 heterocycles. The molecule has 8 heteroatoms. The van der Waals surface area contributed by atoms with Crippen molar-refractivity contribution < 1.29 is 27.6 Å². The van der Waals surface area contributed by atoms with Crippen LogP contribution in [-0.4, -0.2) is 11.3 Å². The second-order valence-electron chi connectivity index (χ2n) is 4.24. The van der Waals surface area contributed by atoms with Crippen molar-refractivity contribution in [1.29, 1.82) is 0 Å². The van der Waals surface area contributed by atoms with E-state index in [1.54, 1.807) is 30.3 Å². The molecule has 22 heavy (non-hydrogen) atoms. The number of hydrogen-bond donors (Lipinski definition) is 0. The topological polar surface area (TPSA) is 61.6 Å². The lowest BCUT2D eigenvalue weighted by Gasteiger charge is -2.11. The van der Waals surface area contributed by atoms with Gasteiger partial charge in [0.15, 0.2) is 0 Å². The van der Waals surface area contributed by atoms with E-state index in [-0.39, 0.29) is 12.4 Å². The Balaban J connectivity index is 2.20. The van der Waals surface area contributed by atoms with Crippen LogP contribution >= 0.6 is 0 Å². The van der Waals surface area contributed by atoms with E-state index in [1.165, 1.54) is 0 Å². The van der Waals surface area contributed by atoms with Gasteiger partial charge < -0.3 is 9.47 Å². The van der Waals surface area contributed by atoms with Crippen molar-refractivity contribution in [1.82, 2.24) is 0 Å². The van der Waals surface area contributed by atoms with Crippen molar-refractivity contribution in [2.75, 3.05) is 0 Å². The Morgan fingerprint density at radius 3 is 2.27 bits per heavy atom. The average Bonchev–Trinajstić information content (AvgIpc) is 2.44.